The largest absolute Gasteiger partial charge is 0.342 e. The standard InChI is InChI=1S/C20H36N2O2S/c1-15-9-16(2)12-21(11-15)19(23)5-7-25-8-6-20(24)22-13-17(3)10-18(4)14-22/h15-18H,5-14H2,1-4H3/t15-,16-,17-,18+/m1/s1. The molecule has 0 N–H and O–H groups in total. The Labute approximate surface area is 158 Å². The van der Waals surface area contributed by atoms with Gasteiger partial charge in [0.25, 0.3) is 0 Å². The maximum atomic E-state index is 12.3. The summed E-state index contributed by atoms with van der Waals surface area (Å²) >= 11 is 1.75. The van der Waals surface area contributed by atoms with Crippen LogP contribution in [0.3, 0.4) is 0 Å². The monoisotopic (exact) mass is 368 g/mol. The lowest BCUT2D eigenvalue weighted by molar-refractivity contribution is -0.134. The molecule has 0 aliphatic carbocycles. The molecule has 2 saturated heterocycles. The van der Waals surface area contributed by atoms with Crippen LogP contribution in [0.15, 0.2) is 0 Å². The molecule has 2 fully saturated rings. The fourth-order valence-corrected chi connectivity index (χ4v) is 5.31. The molecular formula is C20H36N2O2S. The van der Waals surface area contributed by atoms with Gasteiger partial charge in [-0.3, -0.25) is 9.59 Å². The zero-order valence-corrected chi connectivity index (χ0v) is 17.3. The summed E-state index contributed by atoms with van der Waals surface area (Å²) in [6.07, 6.45) is 3.68. The van der Waals surface area contributed by atoms with Gasteiger partial charge in [0.1, 0.15) is 0 Å². The fraction of sp³-hybridized carbons (Fsp3) is 0.900. The van der Waals surface area contributed by atoms with Crippen molar-refractivity contribution >= 4 is 23.6 Å². The van der Waals surface area contributed by atoms with Crippen molar-refractivity contribution in [1.29, 1.82) is 0 Å². The van der Waals surface area contributed by atoms with Gasteiger partial charge >= 0.3 is 0 Å². The molecule has 0 unspecified atom stereocenters. The SMILES string of the molecule is C[C@@H]1C[C@@H](C)CN(C(=O)CCSCCC(=O)N2C[C@H](C)C[C@H](C)C2)C1. The van der Waals surface area contributed by atoms with Crippen molar-refractivity contribution in [3.63, 3.8) is 0 Å². The van der Waals surface area contributed by atoms with E-state index in [1.807, 2.05) is 9.80 Å². The van der Waals surface area contributed by atoms with Gasteiger partial charge in [-0.2, -0.15) is 11.8 Å². The van der Waals surface area contributed by atoms with E-state index >= 15 is 0 Å². The number of likely N-dealkylation sites (tertiary alicyclic amines) is 2. The summed E-state index contributed by atoms with van der Waals surface area (Å²) < 4.78 is 0. The first-order valence-corrected chi connectivity index (χ1v) is 11.1. The minimum absolute atomic E-state index is 0.288. The van der Waals surface area contributed by atoms with Crippen LogP contribution in [0.1, 0.15) is 53.4 Å². The number of thioether (sulfide) groups is 1. The molecule has 4 nitrogen and oxygen atoms in total. The molecule has 0 aromatic carbocycles. The van der Waals surface area contributed by atoms with Gasteiger partial charge in [0.15, 0.2) is 0 Å². The minimum Gasteiger partial charge on any atom is -0.342 e. The van der Waals surface area contributed by atoms with Crippen molar-refractivity contribution in [3.8, 4) is 0 Å². The topological polar surface area (TPSA) is 40.6 Å². The maximum Gasteiger partial charge on any atom is 0.223 e. The zero-order valence-electron chi connectivity index (χ0n) is 16.5. The molecule has 5 heteroatoms. The molecule has 0 aromatic rings. The summed E-state index contributed by atoms with van der Waals surface area (Å²) in [4.78, 5) is 28.8. The molecule has 0 bridgehead atoms. The predicted molar refractivity (Wildman–Crippen MR) is 106 cm³/mol. The van der Waals surface area contributed by atoms with Crippen LogP contribution in [0.25, 0.3) is 0 Å². The van der Waals surface area contributed by atoms with E-state index in [9.17, 15) is 9.59 Å². The third-order valence-electron chi connectivity index (χ3n) is 5.36. The quantitative estimate of drug-likeness (QED) is 0.674. The second-order valence-corrected chi connectivity index (χ2v) is 9.83. The van der Waals surface area contributed by atoms with Crippen LogP contribution in [0, 0.1) is 23.7 Å². The molecular weight excluding hydrogens is 332 g/mol. The first-order valence-electron chi connectivity index (χ1n) is 9.98. The number of rotatable bonds is 6. The highest BCUT2D eigenvalue weighted by Gasteiger charge is 2.26. The molecule has 0 spiro atoms. The Morgan fingerprint density at radius 2 is 1.04 bits per heavy atom. The number of nitrogens with zero attached hydrogens (tertiary/aromatic N) is 2. The Hall–Kier alpha value is -0.710. The number of piperidine rings is 2. The third kappa shape index (κ3) is 6.84. The van der Waals surface area contributed by atoms with Crippen LogP contribution >= 0.6 is 11.8 Å². The predicted octanol–water partition coefficient (Wildman–Crippen LogP) is 3.51. The lowest BCUT2D eigenvalue weighted by Gasteiger charge is -2.35. The molecule has 0 radical (unpaired) electrons. The van der Waals surface area contributed by atoms with Gasteiger partial charge in [-0.15, -0.1) is 0 Å². The second kappa shape index (κ2) is 9.84. The molecule has 25 heavy (non-hydrogen) atoms. The summed E-state index contributed by atoms with van der Waals surface area (Å²) in [5.41, 5.74) is 0. The van der Waals surface area contributed by atoms with E-state index in [-0.39, 0.29) is 11.8 Å². The van der Waals surface area contributed by atoms with Gasteiger partial charge in [0.05, 0.1) is 0 Å². The van der Waals surface area contributed by atoms with Crippen molar-refractivity contribution in [3.05, 3.63) is 0 Å². The van der Waals surface area contributed by atoms with E-state index in [0.717, 1.165) is 37.7 Å². The summed E-state index contributed by atoms with van der Waals surface area (Å²) in [5, 5.41) is 0. The summed E-state index contributed by atoms with van der Waals surface area (Å²) in [7, 11) is 0. The first kappa shape index (κ1) is 20.6. The van der Waals surface area contributed by atoms with Crippen LogP contribution in [-0.4, -0.2) is 59.3 Å². The van der Waals surface area contributed by atoms with Gasteiger partial charge in [-0.05, 0) is 36.5 Å². The van der Waals surface area contributed by atoms with E-state index in [1.165, 1.54) is 12.8 Å². The van der Waals surface area contributed by atoms with Crippen LogP contribution in [0.4, 0.5) is 0 Å². The second-order valence-electron chi connectivity index (χ2n) is 8.60. The number of amides is 2. The molecule has 0 saturated carbocycles. The number of hydrogen-bond acceptors (Lipinski definition) is 3. The van der Waals surface area contributed by atoms with Gasteiger partial charge in [0.2, 0.25) is 11.8 Å². The van der Waals surface area contributed by atoms with Gasteiger partial charge in [-0.1, -0.05) is 27.7 Å². The maximum absolute atomic E-state index is 12.3. The van der Waals surface area contributed by atoms with E-state index < -0.39 is 0 Å². The summed E-state index contributed by atoms with van der Waals surface area (Å²) in [6, 6.07) is 0. The lowest BCUT2D eigenvalue weighted by Crippen LogP contribution is -2.43. The van der Waals surface area contributed by atoms with Crippen molar-refractivity contribution in [2.75, 3.05) is 37.7 Å². The third-order valence-corrected chi connectivity index (χ3v) is 6.35. The molecule has 0 aromatic heterocycles. The molecule has 2 heterocycles. The highest BCUT2D eigenvalue weighted by Crippen LogP contribution is 2.23. The zero-order chi connectivity index (χ0) is 18.4. The minimum atomic E-state index is 0.288. The Bertz CT molecular complexity index is 397. The average Bonchev–Trinajstić information content (AvgIpc) is 2.52. The normalized spacial score (nSPS) is 30.4. The number of carbonyl (C=O) groups is 2. The van der Waals surface area contributed by atoms with Gasteiger partial charge in [-0.25, -0.2) is 0 Å². The Balaban J connectivity index is 1.59. The van der Waals surface area contributed by atoms with Crippen molar-refractivity contribution in [2.24, 2.45) is 23.7 Å². The molecule has 2 aliphatic heterocycles. The summed E-state index contributed by atoms with van der Waals surface area (Å²) in [5.74, 6) is 4.71. The van der Waals surface area contributed by atoms with Crippen molar-refractivity contribution < 1.29 is 9.59 Å². The number of carbonyl (C=O) groups excluding carboxylic acids is 2. The first-order chi connectivity index (χ1) is 11.8. The Morgan fingerprint density at radius 3 is 1.36 bits per heavy atom. The van der Waals surface area contributed by atoms with Crippen LogP contribution < -0.4 is 0 Å². The number of hydrogen-bond donors (Lipinski definition) is 0. The van der Waals surface area contributed by atoms with Crippen LogP contribution in [0.2, 0.25) is 0 Å². The van der Waals surface area contributed by atoms with Gasteiger partial charge in [0, 0.05) is 50.5 Å². The molecule has 144 valence electrons. The summed E-state index contributed by atoms with van der Waals surface area (Å²) in [6.45, 7) is 12.6. The van der Waals surface area contributed by atoms with E-state index in [1.54, 1.807) is 11.8 Å². The molecule has 2 rings (SSSR count). The van der Waals surface area contributed by atoms with Crippen LogP contribution in [0.5, 0.6) is 0 Å². The fourth-order valence-electron chi connectivity index (χ4n) is 4.47. The van der Waals surface area contributed by atoms with Crippen LogP contribution in [-0.2, 0) is 9.59 Å². The average molecular weight is 369 g/mol. The van der Waals surface area contributed by atoms with Crippen molar-refractivity contribution in [1.82, 2.24) is 9.80 Å². The van der Waals surface area contributed by atoms with Crippen molar-refractivity contribution in [2.45, 2.75) is 53.4 Å². The Morgan fingerprint density at radius 1 is 0.720 bits per heavy atom. The molecule has 4 atom stereocenters. The highest BCUT2D eigenvalue weighted by molar-refractivity contribution is 7.99. The molecule has 2 amide bonds. The molecule has 2 aliphatic rings. The van der Waals surface area contributed by atoms with E-state index in [4.69, 9.17) is 0 Å². The van der Waals surface area contributed by atoms with E-state index in [2.05, 4.69) is 27.7 Å². The Kier molecular flexibility index (Phi) is 8.11. The lowest BCUT2D eigenvalue weighted by atomic mass is 9.92. The van der Waals surface area contributed by atoms with E-state index in [0.29, 0.717) is 36.5 Å². The van der Waals surface area contributed by atoms with Gasteiger partial charge < -0.3 is 9.80 Å². The smallest absolute Gasteiger partial charge is 0.223 e. The highest BCUT2D eigenvalue weighted by atomic mass is 32.2.